The van der Waals surface area contributed by atoms with Crippen molar-refractivity contribution in [3.8, 4) is 11.5 Å². The summed E-state index contributed by atoms with van der Waals surface area (Å²) < 4.78 is 8.11. The highest BCUT2D eigenvalue weighted by atomic mass is 79.9. The van der Waals surface area contributed by atoms with Gasteiger partial charge in [0, 0.05) is 16.6 Å². The SMILES string of the molecule is CCn1cc(Oc2ccc(C=O)c(Br)c2)cn1. The van der Waals surface area contributed by atoms with Crippen LogP contribution in [0.2, 0.25) is 0 Å². The number of aryl methyl sites for hydroxylation is 1. The fraction of sp³-hybridized carbons (Fsp3) is 0.167. The summed E-state index contributed by atoms with van der Waals surface area (Å²) in [6, 6.07) is 5.21. The average Bonchev–Trinajstić information content (AvgIpc) is 2.77. The molecule has 1 aromatic carbocycles. The van der Waals surface area contributed by atoms with Crippen molar-refractivity contribution >= 4 is 22.2 Å². The van der Waals surface area contributed by atoms with Gasteiger partial charge < -0.3 is 4.74 Å². The van der Waals surface area contributed by atoms with Crippen LogP contribution < -0.4 is 4.74 Å². The summed E-state index contributed by atoms with van der Waals surface area (Å²) in [6.45, 7) is 2.81. The van der Waals surface area contributed by atoms with Gasteiger partial charge in [0.25, 0.3) is 0 Å². The van der Waals surface area contributed by atoms with Crippen molar-refractivity contribution in [1.82, 2.24) is 9.78 Å². The Morgan fingerprint density at radius 2 is 2.29 bits per heavy atom. The van der Waals surface area contributed by atoms with Crippen LogP contribution in [0.1, 0.15) is 17.3 Å². The number of benzene rings is 1. The van der Waals surface area contributed by atoms with E-state index in [1.54, 1.807) is 29.1 Å². The third-order valence-electron chi connectivity index (χ3n) is 2.27. The molecule has 0 unspecified atom stereocenters. The van der Waals surface area contributed by atoms with Crippen LogP contribution >= 0.6 is 15.9 Å². The van der Waals surface area contributed by atoms with Gasteiger partial charge in [0.2, 0.25) is 0 Å². The first-order valence-electron chi connectivity index (χ1n) is 5.18. The summed E-state index contributed by atoms with van der Waals surface area (Å²) in [5.41, 5.74) is 0.599. The molecule has 2 rings (SSSR count). The number of nitrogens with zero attached hydrogens (tertiary/aromatic N) is 2. The Morgan fingerprint density at radius 3 is 2.88 bits per heavy atom. The Labute approximate surface area is 107 Å². The molecule has 4 nitrogen and oxygen atoms in total. The van der Waals surface area contributed by atoms with E-state index in [0.717, 1.165) is 12.8 Å². The van der Waals surface area contributed by atoms with Gasteiger partial charge in [-0.3, -0.25) is 9.48 Å². The molecule has 0 aliphatic heterocycles. The van der Waals surface area contributed by atoms with Crippen molar-refractivity contribution in [2.75, 3.05) is 0 Å². The third kappa shape index (κ3) is 2.74. The number of aldehydes is 1. The fourth-order valence-corrected chi connectivity index (χ4v) is 1.82. The van der Waals surface area contributed by atoms with Crippen molar-refractivity contribution in [2.45, 2.75) is 13.5 Å². The quantitative estimate of drug-likeness (QED) is 0.813. The lowest BCUT2D eigenvalue weighted by molar-refractivity contribution is 0.112. The summed E-state index contributed by atoms with van der Waals surface area (Å²) in [5, 5.41) is 4.11. The van der Waals surface area contributed by atoms with Gasteiger partial charge in [-0.05, 0) is 41.1 Å². The molecule has 0 amide bonds. The van der Waals surface area contributed by atoms with Crippen LogP contribution in [-0.4, -0.2) is 16.1 Å². The van der Waals surface area contributed by atoms with E-state index in [9.17, 15) is 4.79 Å². The van der Waals surface area contributed by atoms with Crippen LogP contribution in [0.25, 0.3) is 0 Å². The maximum Gasteiger partial charge on any atom is 0.165 e. The number of ether oxygens (including phenoxy) is 1. The predicted molar refractivity (Wildman–Crippen MR) is 67.5 cm³/mol. The first-order valence-corrected chi connectivity index (χ1v) is 5.97. The van der Waals surface area contributed by atoms with Crippen molar-refractivity contribution in [3.63, 3.8) is 0 Å². The van der Waals surface area contributed by atoms with Crippen molar-refractivity contribution < 1.29 is 9.53 Å². The Kier molecular flexibility index (Phi) is 3.58. The minimum Gasteiger partial charge on any atom is -0.454 e. The number of hydrogen-bond acceptors (Lipinski definition) is 3. The second-order valence-corrected chi connectivity index (χ2v) is 4.29. The molecule has 0 atom stereocenters. The molecular weight excluding hydrogens is 284 g/mol. The molecule has 17 heavy (non-hydrogen) atoms. The van der Waals surface area contributed by atoms with E-state index >= 15 is 0 Å². The molecule has 1 heterocycles. The maximum atomic E-state index is 10.7. The number of halogens is 1. The normalized spacial score (nSPS) is 10.2. The highest BCUT2D eigenvalue weighted by molar-refractivity contribution is 9.10. The maximum absolute atomic E-state index is 10.7. The van der Waals surface area contributed by atoms with E-state index in [4.69, 9.17) is 4.74 Å². The number of carbonyl (C=O) groups is 1. The van der Waals surface area contributed by atoms with Gasteiger partial charge in [0.05, 0.1) is 12.4 Å². The number of rotatable bonds is 4. The van der Waals surface area contributed by atoms with Crippen LogP contribution in [0.4, 0.5) is 0 Å². The highest BCUT2D eigenvalue weighted by Crippen LogP contribution is 2.26. The molecule has 0 fully saturated rings. The van der Waals surface area contributed by atoms with E-state index in [0.29, 0.717) is 21.5 Å². The Hall–Kier alpha value is -1.62. The molecule has 0 saturated carbocycles. The number of carbonyl (C=O) groups excluding carboxylic acids is 1. The number of aromatic nitrogens is 2. The molecule has 0 aliphatic carbocycles. The Morgan fingerprint density at radius 1 is 1.47 bits per heavy atom. The largest absolute Gasteiger partial charge is 0.454 e. The fourth-order valence-electron chi connectivity index (χ4n) is 1.37. The predicted octanol–water partition coefficient (Wildman–Crippen LogP) is 3.27. The second-order valence-electron chi connectivity index (χ2n) is 3.43. The van der Waals surface area contributed by atoms with Crippen LogP contribution in [-0.2, 0) is 6.54 Å². The lowest BCUT2D eigenvalue weighted by atomic mass is 10.2. The molecule has 2 aromatic rings. The van der Waals surface area contributed by atoms with Crippen LogP contribution in [0.5, 0.6) is 11.5 Å². The van der Waals surface area contributed by atoms with Gasteiger partial charge in [0.1, 0.15) is 5.75 Å². The summed E-state index contributed by atoms with van der Waals surface area (Å²) in [6.07, 6.45) is 4.27. The molecule has 5 heteroatoms. The van der Waals surface area contributed by atoms with Crippen LogP contribution in [0.15, 0.2) is 35.1 Å². The lowest BCUT2D eigenvalue weighted by Gasteiger charge is -2.04. The minimum atomic E-state index is 0.599. The van der Waals surface area contributed by atoms with Crippen molar-refractivity contribution in [2.24, 2.45) is 0 Å². The first kappa shape index (κ1) is 11.9. The van der Waals surface area contributed by atoms with Gasteiger partial charge >= 0.3 is 0 Å². The molecular formula is C12H11BrN2O2. The topological polar surface area (TPSA) is 44.1 Å². The summed E-state index contributed by atoms with van der Waals surface area (Å²) >= 11 is 3.31. The highest BCUT2D eigenvalue weighted by Gasteiger charge is 2.04. The molecule has 0 bridgehead atoms. The van der Waals surface area contributed by atoms with Gasteiger partial charge in [-0.1, -0.05) is 0 Å². The average molecular weight is 295 g/mol. The van der Waals surface area contributed by atoms with Crippen molar-refractivity contribution in [1.29, 1.82) is 0 Å². The van der Waals surface area contributed by atoms with Crippen LogP contribution in [0.3, 0.4) is 0 Å². The summed E-state index contributed by atoms with van der Waals surface area (Å²) in [5.74, 6) is 1.34. The smallest absolute Gasteiger partial charge is 0.165 e. The van der Waals surface area contributed by atoms with Crippen molar-refractivity contribution in [3.05, 3.63) is 40.6 Å². The summed E-state index contributed by atoms with van der Waals surface area (Å²) in [7, 11) is 0. The van der Waals surface area contributed by atoms with E-state index in [1.807, 2.05) is 13.1 Å². The molecule has 0 radical (unpaired) electrons. The zero-order valence-corrected chi connectivity index (χ0v) is 10.8. The van der Waals surface area contributed by atoms with E-state index < -0.39 is 0 Å². The first-order chi connectivity index (χ1) is 8.22. The third-order valence-corrected chi connectivity index (χ3v) is 2.95. The zero-order valence-electron chi connectivity index (χ0n) is 9.26. The molecule has 88 valence electrons. The number of hydrogen-bond donors (Lipinski definition) is 0. The summed E-state index contributed by atoms with van der Waals surface area (Å²) in [4.78, 5) is 10.7. The standard InChI is InChI=1S/C12H11BrN2O2/c1-2-15-7-11(6-14-15)17-10-4-3-9(8-16)12(13)5-10/h3-8H,2H2,1H3. The van der Waals surface area contributed by atoms with Crippen LogP contribution in [0, 0.1) is 0 Å². The van der Waals surface area contributed by atoms with E-state index in [1.165, 1.54) is 0 Å². The Balaban J connectivity index is 2.18. The van der Waals surface area contributed by atoms with Gasteiger partial charge in [-0.2, -0.15) is 5.10 Å². The minimum absolute atomic E-state index is 0.599. The second kappa shape index (κ2) is 5.14. The van der Waals surface area contributed by atoms with Gasteiger partial charge in [0.15, 0.2) is 12.0 Å². The van der Waals surface area contributed by atoms with Gasteiger partial charge in [-0.15, -0.1) is 0 Å². The van der Waals surface area contributed by atoms with E-state index in [2.05, 4.69) is 21.0 Å². The Bertz CT molecular complexity index is 537. The molecule has 0 N–H and O–H groups in total. The monoisotopic (exact) mass is 294 g/mol. The molecule has 0 aliphatic rings. The molecule has 1 aromatic heterocycles. The molecule has 0 spiro atoms. The molecule has 0 saturated heterocycles. The van der Waals surface area contributed by atoms with Gasteiger partial charge in [-0.25, -0.2) is 0 Å². The van der Waals surface area contributed by atoms with E-state index in [-0.39, 0.29) is 0 Å². The lowest BCUT2D eigenvalue weighted by Crippen LogP contribution is -1.92. The zero-order chi connectivity index (χ0) is 12.3.